The molecule has 14 heavy (non-hydrogen) atoms. The predicted octanol–water partition coefficient (Wildman–Crippen LogP) is 2.70. The predicted molar refractivity (Wildman–Crippen MR) is 54.2 cm³/mol. The van der Waals surface area contributed by atoms with Crippen LogP contribution in [0.4, 0.5) is 0 Å². The van der Waals surface area contributed by atoms with Crippen molar-refractivity contribution < 1.29 is 9.53 Å². The number of hydrogen-bond acceptors (Lipinski definition) is 2. The zero-order chi connectivity index (χ0) is 9.97. The lowest BCUT2D eigenvalue weighted by molar-refractivity contribution is 0.0534. The lowest BCUT2D eigenvalue weighted by Gasteiger charge is -2.03. The molecule has 1 aliphatic rings. The summed E-state index contributed by atoms with van der Waals surface area (Å²) in [5.41, 5.74) is 3.01. The van der Waals surface area contributed by atoms with Crippen molar-refractivity contribution in [1.29, 1.82) is 0 Å². The zero-order valence-corrected chi connectivity index (χ0v) is 8.38. The fourth-order valence-electron chi connectivity index (χ4n) is 1.83. The van der Waals surface area contributed by atoms with Crippen molar-refractivity contribution in [2.45, 2.75) is 32.8 Å². The minimum atomic E-state index is -0.147. The summed E-state index contributed by atoms with van der Waals surface area (Å²) in [6.45, 7) is 2.61. The summed E-state index contributed by atoms with van der Waals surface area (Å²) >= 11 is 0. The van der Waals surface area contributed by atoms with Crippen LogP contribution in [0, 0.1) is 0 Å². The maximum absolute atomic E-state index is 11.4. The van der Waals surface area contributed by atoms with Gasteiger partial charge in [-0.05, 0) is 18.4 Å². The highest BCUT2D eigenvalue weighted by Crippen LogP contribution is 2.24. The van der Waals surface area contributed by atoms with E-state index >= 15 is 0 Å². The maximum atomic E-state index is 11.4. The number of carbonyl (C=O) groups is 1. The molecule has 0 bridgehead atoms. The van der Waals surface area contributed by atoms with Crippen molar-refractivity contribution in [1.82, 2.24) is 0 Å². The number of aryl methyl sites for hydroxylation is 1. The Morgan fingerprint density at radius 2 is 2.29 bits per heavy atom. The first kappa shape index (κ1) is 9.25. The topological polar surface area (TPSA) is 26.3 Å². The third kappa shape index (κ3) is 1.52. The van der Waals surface area contributed by atoms with Crippen molar-refractivity contribution in [3.05, 3.63) is 34.9 Å². The molecule has 2 heteroatoms. The summed E-state index contributed by atoms with van der Waals surface area (Å²) < 4.78 is 5.00. The molecule has 0 aromatic heterocycles. The third-order valence-electron chi connectivity index (χ3n) is 2.60. The second kappa shape index (κ2) is 3.82. The van der Waals surface area contributed by atoms with E-state index in [9.17, 15) is 4.79 Å². The van der Waals surface area contributed by atoms with Gasteiger partial charge in [-0.15, -0.1) is 0 Å². The quantitative estimate of drug-likeness (QED) is 0.685. The Morgan fingerprint density at radius 1 is 1.43 bits per heavy atom. The third-order valence-corrected chi connectivity index (χ3v) is 2.60. The highest BCUT2D eigenvalue weighted by atomic mass is 16.5. The normalized spacial score (nSPS) is 13.9. The maximum Gasteiger partial charge on any atom is 0.339 e. The van der Waals surface area contributed by atoms with Gasteiger partial charge in [-0.3, -0.25) is 0 Å². The van der Waals surface area contributed by atoms with E-state index in [-0.39, 0.29) is 5.97 Å². The Morgan fingerprint density at radius 3 is 3.07 bits per heavy atom. The molecule has 2 rings (SSSR count). The van der Waals surface area contributed by atoms with E-state index in [1.54, 1.807) is 0 Å². The molecule has 0 unspecified atom stereocenters. The molecule has 1 aliphatic heterocycles. The molecule has 0 amide bonds. The Hall–Kier alpha value is -1.31. The largest absolute Gasteiger partial charge is 0.457 e. The molecule has 1 aromatic rings. The van der Waals surface area contributed by atoms with Gasteiger partial charge in [0, 0.05) is 5.56 Å². The molecule has 2 nitrogen and oxygen atoms in total. The molecule has 0 saturated carbocycles. The molecular weight excluding hydrogens is 176 g/mol. The monoisotopic (exact) mass is 190 g/mol. The van der Waals surface area contributed by atoms with Crippen molar-refractivity contribution in [3.63, 3.8) is 0 Å². The summed E-state index contributed by atoms with van der Waals surface area (Å²) in [5.74, 6) is -0.147. The van der Waals surface area contributed by atoms with Gasteiger partial charge >= 0.3 is 5.97 Å². The summed E-state index contributed by atoms with van der Waals surface area (Å²) in [6.07, 6.45) is 3.26. The molecule has 0 saturated heterocycles. The Bertz CT molecular complexity index is 355. The highest BCUT2D eigenvalue weighted by molar-refractivity contribution is 5.94. The fourth-order valence-corrected chi connectivity index (χ4v) is 1.83. The molecule has 0 spiro atoms. The lowest BCUT2D eigenvalue weighted by atomic mass is 9.99. The van der Waals surface area contributed by atoms with Gasteiger partial charge in [0.05, 0.1) is 5.56 Å². The van der Waals surface area contributed by atoms with Gasteiger partial charge in [-0.2, -0.15) is 0 Å². The van der Waals surface area contributed by atoms with Crippen LogP contribution in [0.3, 0.4) is 0 Å². The average molecular weight is 190 g/mol. The number of hydrogen-bond donors (Lipinski definition) is 0. The molecule has 1 heterocycles. The molecule has 0 radical (unpaired) electrons. The minimum Gasteiger partial charge on any atom is -0.457 e. The van der Waals surface area contributed by atoms with Gasteiger partial charge in [0.1, 0.15) is 6.61 Å². The number of benzene rings is 1. The second-order valence-electron chi connectivity index (χ2n) is 3.63. The molecule has 1 aromatic carbocycles. The highest BCUT2D eigenvalue weighted by Gasteiger charge is 2.23. The smallest absolute Gasteiger partial charge is 0.339 e. The van der Waals surface area contributed by atoms with Crippen molar-refractivity contribution in [2.75, 3.05) is 0 Å². The standard InChI is InChI=1S/C12H14O2/c1-2-3-5-9-6-4-7-10-8-14-12(13)11(9)10/h4,6-7H,2-3,5,8H2,1H3. The summed E-state index contributed by atoms with van der Waals surface area (Å²) in [4.78, 5) is 11.4. The first-order chi connectivity index (χ1) is 6.83. The summed E-state index contributed by atoms with van der Waals surface area (Å²) in [5, 5.41) is 0. The number of esters is 1. The fraction of sp³-hybridized carbons (Fsp3) is 0.417. The van der Waals surface area contributed by atoms with E-state index in [1.165, 1.54) is 0 Å². The van der Waals surface area contributed by atoms with Crippen LogP contribution >= 0.6 is 0 Å². The molecule has 0 fully saturated rings. The first-order valence-electron chi connectivity index (χ1n) is 5.11. The Labute approximate surface area is 83.9 Å². The summed E-state index contributed by atoms with van der Waals surface area (Å²) in [6, 6.07) is 6.00. The van der Waals surface area contributed by atoms with Crippen LogP contribution in [-0.2, 0) is 17.8 Å². The average Bonchev–Trinajstić information content (AvgIpc) is 2.58. The van der Waals surface area contributed by atoms with Gasteiger partial charge in [0.15, 0.2) is 0 Å². The van der Waals surface area contributed by atoms with Gasteiger partial charge in [0.2, 0.25) is 0 Å². The molecular formula is C12H14O2. The van der Waals surface area contributed by atoms with Crippen LogP contribution < -0.4 is 0 Å². The van der Waals surface area contributed by atoms with Crippen molar-refractivity contribution in [3.8, 4) is 0 Å². The lowest BCUT2D eigenvalue weighted by Crippen LogP contribution is -2.00. The van der Waals surface area contributed by atoms with Crippen molar-refractivity contribution >= 4 is 5.97 Å². The van der Waals surface area contributed by atoms with Crippen molar-refractivity contribution in [2.24, 2.45) is 0 Å². The Balaban J connectivity index is 2.32. The van der Waals surface area contributed by atoms with Crippen LogP contribution in [0.1, 0.15) is 41.3 Å². The molecule has 0 atom stereocenters. The number of fused-ring (bicyclic) bond motifs is 1. The van der Waals surface area contributed by atoms with E-state index in [1.807, 2.05) is 18.2 Å². The van der Waals surface area contributed by atoms with Crippen LogP contribution in [0.15, 0.2) is 18.2 Å². The van der Waals surface area contributed by atoms with Gasteiger partial charge in [-0.1, -0.05) is 31.5 Å². The van der Waals surface area contributed by atoms with Crippen LogP contribution in [0.25, 0.3) is 0 Å². The van der Waals surface area contributed by atoms with Crippen LogP contribution in [0.2, 0.25) is 0 Å². The van der Waals surface area contributed by atoms with E-state index in [0.29, 0.717) is 6.61 Å². The van der Waals surface area contributed by atoms with Gasteiger partial charge in [-0.25, -0.2) is 4.79 Å². The SMILES string of the molecule is CCCCc1cccc2c1C(=O)OC2. The Kier molecular flexibility index (Phi) is 2.53. The second-order valence-corrected chi connectivity index (χ2v) is 3.63. The molecule has 0 N–H and O–H groups in total. The number of cyclic esters (lactones) is 1. The number of unbranched alkanes of at least 4 members (excludes halogenated alkanes) is 1. The molecule has 74 valence electrons. The number of carbonyl (C=O) groups excluding carboxylic acids is 1. The van der Waals surface area contributed by atoms with E-state index < -0.39 is 0 Å². The number of rotatable bonds is 3. The summed E-state index contributed by atoms with van der Waals surface area (Å²) in [7, 11) is 0. The van der Waals surface area contributed by atoms with E-state index in [0.717, 1.165) is 36.0 Å². The zero-order valence-electron chi connectivity index (χ0n) is 8.38. The molecule has 0 aliphatic carbocycles. The van der Waals surface area contributed by atoms with Crippen LogP contribution in [-0.4, -0.2) is 5.97 Å². The van der Waals surface area contributed by atoms with Gasteiger partial charge < -0.3 is 4.74 Å². The minimum absolute atomic E-state index is 0.147. The van der Waals surface area contributed by atoms with Crippen LogP contribution in [0.5, 0.6) is 0 Å². The van der Waals surface area contributed by atoms with E-state index in [2.05, 4.69) is 6.92 Å². The van der Waals surface area contributed by atoms with Gasteiger partial charge in [0.25, 0.3) is 0 Å². The first-order valence-corrected chi connectivity index (χ1v) is 5.11. The van der Waals surface area contributed by atoms with E-state index in [4.69, 9.17) is 4.74 Å². The number of ether oxygens (including phenoxy) is 1.